The van der Waals surface area contributed by atoms with Crippen LogP contribution in [-0.2, 0) is 4.79 Å². The maximum atomic E-state index is 12.0. The molecule has 2 aliphatic rings. The minimum Gasteiger partial charge on any atom is -0.345 e. The highest BCUT2D eigenvalue weighted by Crippen LogP contribution is 2.32. The molecule has 2 atom stereocenters. The second-order valence-corrected chi connectivity index (χ2v) is 5.13. The molecule has 3 heteroatoms. The molecule has 0 bridgehead atoms. The van der Waals surface area contributed by atoms with Crippen molar-refractivity contribution >= 4 is 5.91 Å². The Morgan fingerprint density at radius 2 is 1.93 bits per heavy atom. The summed E-state index contributed by atoms with van der Waals surface area (Å²) in [5.74, 6) is 0.984. The molecule has 1 aliphatic heterocycles. The number of carbonyl (C=O) groups is 1. The van der Waals surface area contributed by atoms with E-state index in [9.17, 15) is 4.79 Å². The fraction of sp³-hybridized carbons (Fsp3) is 0.917. The molecule has 1 heterocycles. The van der Waals surface area contributed by atoms with Crippen LogP contribution in [0.4, 0.5) is 0 Å². The maximum Gasteiger partial charge on any atom is 0.226 e. The Bertz CT molecular complexity index is 236. The van der Waals surface area contributed by atoms with E-state index in [1.807, 2.05) is 11.9 Å². The number of likely N-dealkylation sites (tertiary alicyclic amines) is 1. The van der Waals surface area contributed by atoms with E-state index in [-0.39, 0.29) is 17.9 Å². The van der Waals surface area contributed by atoms with E-state index in [0.29, 0.717) is 5.92 Å². The van der Waals surface area contributed by atoms with Crippen molar-refractivity contribution in [3.63, 3.8) is 0 Å². The standard InChI is InChI=1S/C12H22N2O/c1-14-8-4-7-10(12(14)15)11(13)9-5-2-3-6-9/h9-11H,2-8,13H2,1H3. The van der Waals surface area contributed by atoms with Crippen molar-refractivity contribution in [2.45, 2.75) is 44.6 Å². The summed E-state index contributed by atoms with van der Waals surface area (Å²) in [6.45, 7) is 0.909. The van der Waals surface area contributed by atoms with E-state index < -0.39 is 0 Å². The Labute approximate surface area is 92.0 Å². The molecule has 2 unspecified atom stereocenters. The Morgan fingerprint density at radius 3 is 2.60 bits per heavy atom. The van der Waals surface area contributed by atoms with Crippen molar-refractivity contribution in [3.05, 3.63) is 0 Å². The molecule has 0 radical (unpaired) electrons. The second kappa shape index (κ2) is 4.52. The maximum absolute atomic E-state index is 12.0. The average Bonchev–Trinajstić information content (AvgIpc) is 2.74. The first kappa shape index (κ1) is 10.9. The first-order valence-corrected chi connectivity index (χ1v) is 6.20. The molecule has 2 fully saturated rings. The Hall–Kier alpha value is -0.570. The number of hydrogen-bond acceptors (Lipinski definition) is 2. The van der Waals surface area contributed by atoms with Crippen LogP contribution in [0.1, 0.15) is 38.5 Å². The Morgan fingerprint density at radius 1 is 1.27 bits per heavy atom. The van der Waals surface area contributed by atoms with Crippen LogP contribution in [0.3, 0.4) is 0 Å². The number of carbonyl (C=O) groups excluding carboxylic acids is 1. The number of piperidine rings is 1. The summed E-state index contributed by atoms with van der Waals surface area (Å²) in [4.78, 5) is 13.8. The van der Waals surface area contributed by atoms with E-state index in [2.05, 4.69) is 0 Å². The van der Waals surface area contributed by atoms with Crippen molar-refractivity contribution < 1.29 is 4.79 Å². The molecular formula is C12H22N2O. The minimum atomic E-state index is 0.104. The van der Waals surface area contributed by atoms with Gasteiger partial charge in [0.15, 0.2) is 0 Å². The molecule has 2 N–H and O–H groups in total. The van der Waals surface area contributed by atoms with Gasteiger partial charge in [-0.1, -0.05) is 12.8 Å². The molecular weight excluding hydrogens is 188 g/mol. The zero-order valence-electron chi connectivity index (χ0n) is 9.61. The quantitative estimate of drug-likeness (QED) is 0.748. The van der Waals surface area contributed by atoms with Crippen LogP contribution in [0.15, 0.2) is 0 Å². The number of nitrogens with zero attached hydrogens (tertiary/aromatic N) is 1. The highest BCUT2D eigenvalue weighted by Gasteiger charge is 2.36. The van der Waals surface area contributed by atoms with E-state index in [4.69, 9.17) is 5.73 Å². The van der Waals surface area contributed by atoms with Gasteiger partial charge in [-0.2, -0.15) is 0 Å². The lowest BCUT2D eigenvalue weighted by Gasteiger charge is -2.35. The lowest BCUT2D eigenvalue weighted by atomic mass is 9.82. The predicted molar refractivity (Wildman–Crippen MR) is 60.3 cm³/mol. The summed E-state index contributed by atoms with van der Waals surface area (Å²) in [7, 11) is 1.90. The third-order valence-corrected chi connectivity index (χ3v) is 4.11. The molecule has 86 valence electrons. The van der Waals surface area contributed by atoms with Crippen LogP contribution in [-0.4, -0.2) is 30.4 Å². The highest BCUT2D eigenvalue weighted by atomic mass is 16.2. The molecule has 1 saturated carbocycles. The van der Waals surface area contributed by atoms with Gasteiger partial charge in [0.1, 0.15) is 0 Å². The SMILES string of the molecule is CN1CCCC(C(N)C2CCCC2)C1=O. The number of nitrogens with two attached hydrogens (primary N) is 1. The monoisotopic (exact) mass is 210 g/mol. The largest absolute Gasteiger partial charge is 0.345 e. The lowest BCUT2D eigenvalue weighted by molar-refractivity contribution is -0.138. The molecule has 3 nitrogen and oxygen atoms in total. The average molecular weight is 210 g/mol. The predicted octanol–water partition coefficient (Wildman–Crippen LogP) is 1.37. The lowest BCUT2D eigenvalue weighted by Crippen LogP contribution is -2.49. The normalized spacial score (nSPS) is 30.9. The second-order valence-electron chi connectivity index (χ2n) is 5.13. The van der Waals surface area contributed by atoms with E-state index in [1.165, 1.54) is 25.7 Å². The van der Waals surface area contributed by atoms with Crippen molar-refractivity contribution in [2.24, 2.45) is 17.6 Å². The molecule has 1 aliphatic carbocycles. The van der Waals surface area contributed by atoms with Crippen molar-refractivity contribution in [2.75, 3.05) is 13.6 Å². The Kier molecular flexibility index (Phi) is 3.29. The van der Waals surface area contributed by atoms with Gasteiger partial charge < -0.3 is 10.6 Å². The molecule has 1 saturated heterocycles. The summed E-state index contributed by atoms with van der Waals surface area (Å²) >= 11 is 0. The van der Waals surface area contributed by atoms with Crippen LogP contribution >= 0.6 is 0 Å². The van der Waals surface area contributed by atoms with Crippen molar-refractivity contribution in [1.82, 2.24) is 4.90 Å². The van der Waals surface area contributed by atoms with Crippen LogP contribution in [0.2, 0.25) is 0 Å². The molecule has 0 aromatic carbocycles. The first-order valence-electron chi connectivity index (χ1n) is 6.20. The van der Waals surface area contributed by atoms with Crippen LogP contribution in [0.25, 0.3) is 0 Å². The Balaban J connectivity index is 1.98. The third-order valence-electron chi connectivity index (χ3n) is 4.11. The van der Waals surface area contributed by atoms with Gasteiger partial charge in [-0.25, -0.2) is 0 Å². The van der Waals surface area contributed by atoms with E-state index in [1.54, 1.807) is 0 Å². The molecule has 0 spiro atoms. The van der Waals surface area contributed by atoms with Gasteiger partial charge in [0, 0.05) is 19.6 Å². The topological polar surface area (TPSA) is 46.3 Å². The van der Waals surface area contributed by atoms with Gasteiger partial charge in [0.05, 0.1) is 5.92 Å². The molecule has 2 rings (SSSR count). The molecule has 0 aromatic heterocycles. The van der Waals surface area contributed by atoms with Gasteiger partial charge in [0.25, 0.3) is 0 Å². The van der Waals surface area contributed by atoms with Crippen molar-refractivity contribution in [3.8, 4) is 0 Å². The van der Waals surface area contributed by atoms with Gasteiger partial charge in [0.2, 0.25) is 5.91 Å². The van der Waals surface area contributed by atoms with E-state index in [0.717, 1.165) is 19.4 Å². The van der Waals surface area contributed by atoms with Crippen LogP contribution < -0.4 is 5.73 Å². The summed E-state index contributed by atoms with van der Waals surface area (Å²) in [6.07, 6.45) is 7.18. The number of rotatable bonds is 2. The molecule has 0 aromatic rings. The van der Waals surface area contributed by atoms with Gasteiger partial charge in [-0.3, -0.25) is 4.79 Å². The van der Waals surface area contributed by atoms with Gasteiger partial charge >= 0.3 is 0 Å². The summed E-state index contributed by atoms with van der Waals surface area (Å²) < 4.78 is 0. The van der Waals surface area contributed by atoms with Gasteiger partial charge in [-0.05, 0) is 31.6 Å². The van der Waals surface area contributed by atoms with E-state index >= 15 is 0 Å². The van der Waals surface area contributed by atoms with Crippen LogP contribution in [0.5, 0.6) is 0 Å². The summed E-state index contributed by atoms with van der Waals surface area (Å²) in [5.41, 5.74) is 6.26. The zero-order chi connectivity index (χ0) is 10.8. The first-order chi connectivity index (χ1) is 7.20. The zero-order valence-corrected chi connectivity index (χ0v) is 9.61. The highest BCUT2D eigenvalue weighted by molar-refractivity contribution is 5.80. The van der Waals surface area contributed by atoms with Crippen LogP contribution in [0, 0.1) is 11.8 Å². The summed E-state index contributed by atoms with van der Waals surface area (Å²) in [6, 6.07) is 0.114. The third kappa shape index (κ3) is 2.17. The number of amides is 1. The smallest absolute Gasteiger partial charge is 0.226 e. The number of hydrogen-bond donors (Lipinski definition) is 1. The fourth-order valence-electron chi connectivity index (χ4n) is 3.09. The minimum absolute atomic E-state index is 0.104. The summed E-state index contributed by atoms with van der Waals surface area (Å²) in [5, 5.41) is 0. The van der Waals surface area contributed by atoms with Crippen molar-refractivity contribution in [1.29, 1.82) is 0 Å². The fourth-order valence-corrected chi connectivity index (χ4v) is 3.09. The molecule has 1 amide bonds. The van der Waals surface area contributed by atoms with Gasteiger partial charge in [-0.15, -0.1) is 0 Å². The molecule has 15 heavy (non-hydrogen) atoms.